The van der Waals surface area contributed by atoms with Gasteiger partial charge in [-0.05, 0) is 37.2 Å². The molecule has 1 amide bonds. The lowest BCUT2D eigenvalue weighted by Crippen LogP contribution is -2.45. The Morgan fingerprint density at radius 2 is 1.91 bits per heavy atom. The second-order valence-corrected chi connectivity index (χ2v) is 6.16. The van der Waals surface area contributed by atoms with E-state index in [1.807, 2.05) is 6.07 Å². The SMILES string of the molecule is O=C(NC(=S)NC1CCCCC1)c1cc2ccccc2oc1=O. The van der Waals surface area contributed by atoms with E-state index in [2.05, 4.69) is 10.6 Å². The predicted octanol–water partition coefficient (Wildman–Crippen LogP) is 2.73. The molecule has 2 aromatic rings. The van der Waals surface area contributed by atoms with Gasteiger partial charge in [0.1, 0.15) is 11.1 Å². The van der Waals surface area contributed by atoms with Crippen LogP contribution in [0, 0.1) is 0 Å². The molecule has 1 aliphatic carbocycles. The molecular weight excluding hydrogens is 312 g/mol. The van der Waals surface area contributed by atoms with Crippen LogP contribution in [0.4, 0.5) is 0 Å². The number of rotatable bonds is 2. The summed E-state index contributed by atoms with van der Waals surface area (Å²) in [5.74, 6) is -0.544. The first-order valence-corrected chi connectivity index (χ1v) is 8.19. The second-order valence-electron chi connectivity index (χ2n) is 5.75. The lowest BCUT2D eigenvalue weighted by molar-refractivity contribution is 0.0973. The molecule has 0 atom stereocenters. The maximum atomic E-state index is 12.3. The largest absolute Gasteiger partial charge is 0.422 e. The summed E-state index contributed by atoms with van der Waals surface area (Å²) in [5.41, 5.74) is -0.255. The molecule has 1 aromatic heterocycles. The highest BCUT2D eigenvalue weighted by atomic mass is 32.1. The van der Waals surface area contributed by atoms with Gasteiger partial charge in [0.05, 0.1) is 0 Å². The van der Waals surface area contributed by atoms with Crippen molar-refractivity contribution >= 4 is 34.2 Å². The maximum Gasteiger partial charge on any atom is 0.349 e. The summed E-state index contributed by atoms with van der Waals surface area (Å²) in [6.45, 7) is 0. The van der Waals surface area contributed by atoms with E-state index in [9.17, 15) is 9.59 Å². The molecule has 1 fully saturated rings. The Hall–Kier alpha value is -2.21. The van der Waals surface area contributed by atoms with Gasteiger partial charge in [-0.1, -0.05) is 37.5 Å². The van der Waals surface area contributed by atoms with Crippen molar-refractivity contribution in [1.82, 2.24) is 10.6 Å². The maximum absolute atomic E-state index is 12.3. The number of hydrogen-bond donors (Lipinski definition) is 2. The summed E-state index contributed by atoms with van der Waals surface area (Å²) in [7, 11) is 0. The summed E-state index contributed by atoms with van der Waals surface area (Å²) in [4.78, 5) is 24.2. The number of nitrogens with one attached hydrogen (secondary N) is 2. The molecule has 0 radical (unpaired) electrons. The van der Waals surface area contributed by atoms with Crippen molar-refractivity contribution < 1.29 is 9.21 Å². The summed E-state index contributed by atoms with van der Waals surface area (Å²) >= 11 is 5.17. The fraction of sp³-hybridized carbons (Fsp3) is 0.353. The van der Waals surface area contributed by atoms with Crippen LogP contribution in [0.5, 0.6) is 0 Å². The van der Waals surface area contributed by atoms with Gasteiger partial charge in [-0.25, -0.2) is 4.79 Å². The fourth-order valence-corrected chi connectivity index (χ4v) is 3.12. The first-order valence-electron chi connectivity index (χ1n) is 7.78. The van der Waals surface area contributed by atoms with Gasteiger partial charge in [0.15, 0.2) is 5.11 Å². The number of thiocarbonyl (C=S) groups is 1. The zero-order valence-electron chi connectivity index (χ0n) is 12.6. The molecule has 0 bridgehead atoms. The number of fused-ring (bicyclic) bond motifs is 1. The number of hydrogen-bond acceptors (Lipinski definition) is 4. The average Bonchev–Trinajstić information content (AvgIpc) is 2.55. The molecule has 0 saturated heterocycles. The molecule has 6 heteroatoms. The van der Waals surface area contributed by atoms with E-state index >= 15 is 0 Å². The van der Waals surface area contributed by atoms with Crippen LogP contribution in [-0.4, -0.2) is 17.1 Å². The van der Waals surface area contributed by atoms with Crippen LogP contribution in [0.3, 0.4) is 0 Å². The van der Waals surface area contributed by atoms with Gasteiger partial charge >= 0.3 is 5.63 Å². The Balaban J connectivity index is 1.71. The van der Waals surface area contributed by atoms with Gasteiger partial charge in [-0.15, -0.1) is 0 Å². The first kappa shape index (κ1) is 15.7. The minimum Gasteiger partial charge on any atom is -0.422 e. The van der Waals surface area contributed by atoms with Crippen molar-refractivity contribution in [3.05, 3.63) is 46.3 Å². The monoisotopic (exact) mass is 330 g/mol. The van der Waals surface area contributed by atoms with Crippen LogP contribution in [0.1, 0.15) is 42.5 Å². The summed E-state index contributed by atoms with van der Waals surface area (Å²) < 4.78 is 5.17. The average molecular weight is 330 g/mol. The lowest BCUT2D eigenvalue weighted by Gasteiger charge is -2.24. The van der Waals surface area contributed by atoms with Crippen molar-refractivity contribution in [1.29, 1.82) is 0 Å². The van der Waals surface area contributed by atoms with Crippen molar-refractivity contribution in [2.45, 2.75) is 38.1 Å². The van der Waals surface area contributed by atoms with Gasteiger partial charge < -0.3 is 9.73 Å². The zero-order chi connectivity index (χ0) is 16.2. The summed E-state index contributed by atoms with van der Waals surface area (Å²) in [6.07, 6.45) is 5.68. The van der Waals surface area contributed by atoms with Gasteiger partial charge in [0, 0.05) is 11.4 Å². The number of carbonyl (C=O) groups is 1. The fourth-order valence-electron chi connectivity index (χ4n) is 2.86. The standard InChI is InChI=1S/C17H18N2O3S/c20-15(19-17(23)18-12-7-2-1-3-8-12)13-10-11-6-4-5-9-14(11)22-16(13)21/h4-6,9-10,12H,1-3,7-8H2,(H2,18,19,20,23). The Bertz CT molecular complexity index is 794. The Kier molecular flexibility index (Phi) is 4.71. The van der Waals surface area contributed by atoms with Gasteiger partial charge in [0.2, 0.25) is 0 Å². The smallest absolute Gasteiger partial charge is 0.349 e. The van der Waals surface area contributed by atoms with Crippen LogP contribution in [-0.2, 0) is 0 Å². The molecule has 1 saturated carbocycles. The molecule has 1 heterocycles. The molecule has 2 N–H and O–H groups in total. The van der Waals surface area contributed by atoms with E-state index < -0.39 is 11.5 Å². The van der Waals surface area contributed by atoms with Crippen molar-refractivity contribution in [3.63, 3.8) is 0 Å². The molecule has 5 nitrogen and oxygen atoms in total. The van der Waals surface area contributed by atoms with Crippen LogP contribution >= 0.6 is 12.2 Å². The van der Waals surface area contributed by atoms with Crippen LogP contribution < -0.4 is 16.3 Å². The first-order chi connectivity index (χ1) is 11.1. The minimum atomic E-state index is -0.665. The van der Waals surface area contributed by atoms with E-state index in [1.165, 1.54) is 25.3 Å². The highest BCUT2D eigenvalue weighted by molar-refractivity contribution is 7.80. The van der Waals surface area contributed by atoms with E-state index in [1.54, 1.807) is 18.2 Å². The minimum absolute atomic E-state index is 0.0449. The zero-order valence-corrected chi connectivity index (χ0v) is 13.4. The summed E-state index contributed by atoms with van der Waals surface area (Å²) in [5, 5.41) is 6.67. The van der Waals surface area contributed by atoms with E-state index in [0.29, 0.717) is 17.0 Å². The van der Waals surface area contributed by atoms with Crippen LogP contribution in [0.25, 0.3) is 11.0 Å². The van der Waals surface area contributed by atoms with Crippen molar-refractivity contribution in [3.8, 4) is 0 Å². The predicted molar refractivity (Wildman–Crippen MR) is 92.6 cm³/mol. The van der Waals surface area contributed by atoms with E-state index in [0.717, 1.165) is 12.8 Å². The highest BCUT2D eigenvalue weighted by Crippen LogP contribution is 2.17. The Labute approximate surface area is 139 Å². The quantitative estimate of drug-likeness (QED) is 0.654. The number of carbonyl (C=O) groups excluding carboxylic acids is 1. The molecule has 120 valence electrons. The third-order valence-electron chi connectivity index (χ3n) is 4.05. The number of para-hydroxylation sites is 1. The number of amides is 1. The Morgan fingerprint density at radius 1 is 1.17 bits per heavy atom. The highest BCUT2D eigenvalue weighted by Gasteiger charge is 2.18. The normalized spacial score (nSPS) is 15.3. The molecule has 1 aliphatic rings. The molecule has 1 aromatic carbocycles. The van der Waals surface area contributed by atoms with Gasteiger partial charge in [-0.2, -0.15) is 0 Å². The van der Waals surface area contributed by atoms with Crippen molar-refractivity contribution in [2.75, 3.05) is 0 Å². The van der Waals surface area contributed by atoms with Crippen LogP contribution in [0.15, 0.2) is 39.5 Å². The molecule has 0 aliphatic heterocycles. The molecule has 0 unspecified atom stereocenters. The third-order valence-corrected chi connectivity index (χ3v) is 4.27. The molecule has 23 heavy (non-hydrogen) atoms. The molecular formula is C17H18N2O3S. The third kappa shape index (κ3) is 3.76. The summed E-state index contributed by atoms with van der Waals surface area (Å²) in [6, 6.07) is 8.89. The second kappa shape index (κ2) is 6.91. The van der Waals surface area contributed by atoms with Gasteiger partial charge in [-0.3, -0.25) is 10.1 Å². The van der Waals surface area contributed by atoms with Crippen LogP contribution in [0.2, 0.25) is 0 Å². The topological polar surface area (TPSA) is 71.3 Å². The van der Waals surface area contributed by atoms with Crippen molar-refractivity contribution in [2.24, 2.45) is 0 Å². The molecule has 3 rings (SSSR count). The van der Waals surface area contributed by atoms with E-state index in [-0.39, 0.29) is 10.7 Å². The van der Waals surface area contributed by atoms with Gasteiger partial charge in [0.25, 0.3) is 5.91 Å². The molecule has 0 spiro atoms. The van der Waals surface area contributed by atoms with E-state index in [4.69, 9.17) is 16.6 Å². The number of benzene rings is 1. The Morgan fingerprint density at radius 3 is 2.70 bits per heavy atom. The lowest BCUT2D eigenvalue weighted by atomic mass is 9.96.